The first-order valence-electron chi connectivity index (χ1n) is 3.54. The molecule has 0 rings (SSSR count). The largest absolute Gasteiger partial charge is 0.228 e. The standard InChI is InChI=1S/C6H15NO2S.ClH/c1-3-5-6(4-2)10(7,8)9;/h6H,3-5H2,1-2H3,(H2,7,8,9);1H. The Bertz CT molecular complexity index is 179. The van der Waals surface area contributed by atoms with Crippen LogP contribution in [0.1, 0.15) is 33.1 Å². The molecule has 1 atom stereocenters. The molecule has 3 nitrogen and oxygen atoms in total. The zero-order valence-corrected chi connectivity index (χ0v) is 8.54. The highest BCUT2D eigenvalue weighted by atomic mass is 35.5. The fourth-order valence-corrected chi connectivity index (χ4v) is 1.95. The van der Waals surface area contributed by atoms with E-state index in [-0.39, 0.29) is 17.7 Å². The minimum absolute atomic E-state index is 0. The summed E-state index contributed by atoms with van der Waals surface area (Å²) >= 11 is 0. The van der Waals surface area contributed by atoms with Crippen molar-refractivity contribution in [2.45, 2.75) is 38.4 Å². The van der Waals surface area contributed by atoms with Crippen molar-refractivity contribution in [3.8, 4) is 0 Å². The smallest absolute Gasteiger partial charge is 0.211 e. The Hall–Kier alpha value is 0.200. The summed E-state index contributed by atoms with van der Waals surface area (Å²) in [4.78, 5) is 0. The summed E-state index contributed by atoms with van der Waals surface area (Å²) in [6, 6.07) is 0. The Morgan fingerprint density at radius 3 is 1.91 bits per heavy atom. The predicted molar refractivity (Wildman–Crippen MR) is 49.3 cm³/mol. The second kappa shape index (κ2) is 5.80. The summed E-state index contributed by atoms with van der Waals surface area (Å²) < 4.78 is 21.5. The Morgan fingerprint density at radius 2 is 1.82 bits per heavy atom. The van der Waals surface area contributed by atoms with Crippen LogP contribution in [-0.2, 0) is 10.0 Å². The topological polar surface area (TPSA) is 60.2 Å². The molecule has 0 aromatic carbocycles. The van der Waals surface area contributed by atoms with Crippen LogP contribution in [0.3, 0.4) is 0 Å². The van der Waals surface area contributed by atoms with E-state index in [9.17, 15) is 8.42 Å². The van der Waals surface area contributed by atoms with Crippen molar-refractivity contribution in [1.29, 1.82) is 0 Å². The summed E-state index contributed by atoms with van der Waals surface area (Å²) in [7, 11) is -3.28. The molecule has 0 aliphatic heterocycles. The van der Waals surface area contributed by atoms with Gasteiger partial charge in [0.2, 0.25) is 10.0 Å². The Kier molecular flexibility index (Phi) is 7.26. The third-order valence-electron chi connectivity index (χ3n) is 1.53. The van der Waals surface area contributed by atoms with Gasteiger partial charge < -0.3 is 0 Å². The maximum absolute atomic E-state index is 10.7. The van der Waals surface area contributed by atoms with Crippen molar-refractivity contribution < 1.29 is 8.42 Å². The van der Waals surface area contributed by atoms with Gasteiger partial charge in [0.1, 0.15) is 0 Å². The van der Waals surface area contributed by atoms with Crippen LogP contribution in [0.25, 0.3) is 0 Å². The lowest BCUT2D eigenvalue weighted by molar-refractivity contribution is 0.565. The van der Waals surface area contributed by atoms with Gasteiger partial charge in [0.25, 0.3) is 0 Å². The molecule has 0 heterocycles. The zero-order valence-electron chi connectivity index (χ0n) is 6.91. The van der Waals surface area contributed by atoms with Crippen LogP contribution in [0.4, 0.5) is 0 Å². The van der Waals surface area contributed by atoms with Gasteiger partial charge >= 0.3 is 0 Å². The lowest BCUT2D eigenvalue weighted by atomic mass is 10.2. The molecule has 0 saturated carbocycles. The molecule has 0 radical (unpaired) electrons. The fourth-order valence-electron chi connectivity index (χ4n) is 0.923. The van der Waals surface area contributed by atoms with Gasteiger partial charge in [-0.25, -0.2) is 13.6 Å². The van der Waals surface area contributed by atoms with Crippen molar-refractivity contribution in [3.05, 3.63) is 0 Å². The maximum atomic E-state index is 10.7. The monoisotopic (exact) mass is 201 g/mol. The summed E-state index contributed by atoms with van der Waals surface area (Å²) in [5, 5.41) is 4.61. The molecule has 5 heteroatoms. The third kappa shape index (κ3) is 5.47. The van der Waals surface area contributed by atoms with Crippen LogP contribution in [0.15, 0.2) is 0 Å². The van der Waals surface area contributed by atoms with Crippen LogP contribution in [0.2, 0.25) is 0 Å². The number of hydrogen-bond acceptors (Lipinski definition) is 2. The molecule has 0 amide bonds. The first kappa shape index (κ1) is 13.8. The summed E-state index contributed by atoms with van der Waals surface area (Å²) in [5.41, 5.74) is 0. The second-order valence-electron chi connectivity index (χ2n) is 2.41. The number of primary sulfonamides is 1. The second-order valence-corrected chi connectivity index (χ2v) is 4.25. The fraction of sp³-hybridized carbons (Fsp3) is 1.00. The Balaban J connectivity index is 0. The van der Waals surface area contributed by atoms with Gasteiger partial charge in [0.05, 0.1) is 5.25 Å². The van der Waals surface area contributed by atoms with Gasteiger partial charge in [0, 0.05) is 0 Å². The first-order chi connectivity index (χ1) is 4.52. The van der Waals surface area contributed by atoms with Crippen LogP contribution < -0.4 is 5.14 Å². The highest BCUT2D eigenvalue weighted by Crippen LogP contribution is 2.08. The first-order valence-corrected chi connectivity index (χ1v) is 5.14. The van der Waals surface area contributed by atoms with Gasteiger partial charge in [-0.15, -0.1) is 12.4 Å². The molecule has 0 spiro atoms. The van der Waals surface area contributed by atoms with E-state index < -0.39 is 10.0 Å². The summed E-state index contributed by atoms with van der Waals surface area (Å²) in [6.07, 6.45) is 2.16. The molecular weight excluding hydrogens is 186 g/mol. The van der Waals surface area contributed by atoms with Gasteiger partial charge in [-0.1, -0.05) is 20.3 Å². The van der Waals surface area contributed by atoms with E-state index in [2.05, 4.69) is 0 Å². The van der Waals surface area contributed by atoms with Crippen molar-refractivity contribution in [2.24, 2.45) is 5.14 Å². The van der Waals surface area contributed by atoms with E-state index in [1.807, 2.05) is 13.8 Å². The van der Waals surface area contributed by atoms with Crippen molar-refractivity contribution in [1.82, 2.24) is 0 Å². The normalized spacial score (nSPS) is 13.7. The van der Waals surface area contributed by atoms with E-state index in [4.69, 9.17) is 5.14 Å². The van der Waals surface area contributed by atoms with Gasteiger partial charge in [0.15, 0.2) is 0 Å². The molecule has 0 bridgehead atoms. The molecule has 0 saturated heterocycles. The van der Waals surface area contributed by atoms with Crippen LogP contribution in [0.5, 0.6) is 0 Å². The molecule has 0 aromatic rings. The van der Waals surface area contributed by atoms with Crippen molar-refractivity contribution in [2.75, 3.05) is 0 Å². The maximum Gasteiger partial charge on any atom is 0.211 e. The number of halogens is 1. The summed E-state index contributed by atoms with van der Waals surface area (Å²) in [5.74, 6) is 0. The van der Waals surface area contributed by atoms with E-state index in [0.29, 0.717) is 12.8 Å². The lowest BCUT2D eigenvalue weighted by Crippen LogP contribution is -2.27. The van der Waals surface area contributed by atoms with Crippen LogP contribution in [0, 0.1) is 0 Å². The summed E-state index contributed by atoms with van der Waals surface area (Å²) in [6.45, 7) is 3.79. The molecule has 11 heavy (non-hydrogen) atoms. The quantitative estimate of drug-likeness (QED) is 0.745. The molecule has 0 aromatic heterocycles. The number of sulfonamides is 1. The molecule has 70 valence electrons. The van der Waals surface area contributed by atoms with Crippen LogP contribution >= 0.6 is 12.4 Å². The number of rotatable bonds is 4. The Labute approximate surface area is 74.8 Å². The highest BCUT2D eigenvalue weighted by molar-refractivity contribution is 7.89. The average molecular weight is 202 g/mol. The van der Waals surface area contributed by atoms with Crippen molar-refractivity contribution >= 4 is 22.4 Å². The zero-order chi connectivity index (χ0) is 8.20. The van der Waals surface area contributed by atoms with Crippen LogP contribution in [-0.4, -0.2) is 13.7 Å². The molecular formula is C6H16ClNO2S. The third-order valence-corrected chi connectivity index (χ3v) is 3.03. The SMILES string of the molecule is CCCC(CC)S(N)(=O)=O.Cl. The minimum atomic E-state index is -3.28. The number of hydrogen-bond donors (Lipinski definition) is 1. The molecule has 0 aliphatic carbocycles. The van der Waals surface area contributed by atoms with Gasteiger partial charge in [-0.2, -0.15) is 0 Å². The molecule has 0 fully saturated rings. The highest BCUT2D eigenvalue weighted by Gasteiger charge is 2.17. The molecule has 2 N–H and O–H groups in total. The van der Waals surface area contributed by atoms with E-state index in [1.165, 1.54) is 0 Å². The minimum Gasteiger partial charge on any atom is -0.228 e. The average Bonchev–Trinajstić information content (AvgIpc) is 1.80. The van der Waals surface area contributed by atoms with E-state index in [1.54, 1.807) is 0 Å². The predicted octanol–water partition coefficient (Wildman–Crippen LogP) is 1.28. The number of nitrogens with two attached hydrogens (primary N) is 1. The van der Waals surface area contributed by atoms with Gasteiger partial charge in [-0.05, 0) is 12.8 Å². The Morgan fingerprint density at radius 1 is 1.36 bits per heavy atom. The molecule has 1 unspecified atom stereocenters. The lowest BCUT2D eigenvalue weighted by Gasteiger charge is -2.09. The van der Waals surface area contributed by atoms with E-state index >= 15 is 0 Å². The van der Waals surface area contributed by atoms with Gasteiger partial charge in [-0.3, -0.25) is 0 Å². The van der Waals surface area contributed by atoms with E-state index in [0.717, 1.165) is 6.42 Å². The molecule has 0 aliphatic rings. The van der Waals surface area contributed by atoms with Crippen molar-refractivity contribution in [3.63, 3.8) is 0 Å².